The highest BCUT2D eigenvalue weighted by molar-refractivity contribution is 5.36. The first-order valence-corrected chi connectivity index (χ1v) is 5.32. The van der Waals surface area contributed by atoms with Crippen molar-refractivity contribution in [1.82, 2.24) is 5.32 Å². The highest BCUT2D eigenvalue weighted by Crippen LogP contribution is 2.29. The molecule has 1 fully saturated rings. The quantitative estimate of drug-likeness (QED) is 0.791. The van der Waals surface area contributed by atoms with Crippen molar-refractivity contribution in [2.75, 3.05) is 13.1 Å². The maximum absolute atomic E-state index is 13.7. The summed E-state index contributed by atoms with van der Waals surface area (Å²) < 4.78 is 27.1. The van der Waals surface area contributed by atoms with Crippen molar-refractivity contribution in [3.63, 3.8) is 0 Å². The van der Waals surface area contributed by atoms with E-state index in [9.17, 15) is 8.78 Å². The number of nitrogens with zero attached hydrogens (tertiary/aromatic N) is 1. The van der Waals surface area contributed by atoms with E-state index in [0.717, 1.165) is 25.9 Å². The van der Waals surface area contributed by atoms with E-state index in [0.29, 0.717) is 5.56 Å². The van der Waals surface area contributed by atoms with Crippen LogP contribution in [0.2, 0.25) is 0 Å². The van der Waals surface area contributed by atoms with Gasteiger partial charge in [-0.1, -0.05) is 6.07 Å². The molecule has 16 heavy (non-hydrogen) atoms. The van der Waals surface area contributed by atoms with Gasteiger partial charge in [0.25, 0.3) is 0 Å². The molecule has 1 aliphatic rings. The van der Waals surface area contributed by atoms with Crippen molar-refractivity contribution in [2.24, 2.45) is 0 Å². The molecular formula is C12H12F2N2. The molecule has 0 unspecified atom stereocenters. The first-order valence-electron chi connectivity index (χ1n) is 5.32. The number of nitrogens with one attached hydrogen (secondary N) is 1. The van der Waals surface area contributed by atoms with Gasteiger partial charge in [-0.3, -0.25) is 0 Å². The van der Waals surface area contributed by atoms with E-state index in [2.05, 4.69) is 5.32 Å². The van der Waals surface area contributed by atoms with E-state index in [-0.39, 0.29) is 11.5 Å². The largest absolute Gasteiger partial charge is 0.317 e. The van der Waals surface area contributed by atoms with E-state index >= 15 is 0 Å². The molecule has 2 nitrogen and oxygen atoms in total. The van der Waals surface area contributed by atoms with Gasteiger partial charge in [-0.05, 0) is 43.5 Å². The lowest BCUT2D eigenvalue weighted by Gasteiger charge is -2.23. The molecule has 0 bridgehead atoms. The second-order valence-electron chi connectivity index (χ2n) is 3.97. The fourth-order valence-electron chi connectivity index (χ4n) is 2.10. The molecule has 1 saturated heterocycles. The number of nitriles is 1. The maximum atomic E-state index is 13.7. The Morgan fingerprint density at radius 1 is 1.19 bits per heavy atom. The van der Waals surface area contributed by atoms with Gasteiger partial charge in [-0.25, -0.2) is 8.78 Å². The number of benzene rings is 1. The summed E-state index contributed by atoms with van der Waals surface area (Å²) in [6, 6.07) is 4.53. The minimum atomic E-state index is -1.02. The van der Waals surface area contributed by atoms with E-state index < -0.39 is 11.6 Å². The molecule has 1 aromatic rings. The summed E-state index contributed by atoms with van der Waals surface area (Å²) in [5.74, 6) is -1.81. The van der Waals surface area contributed by atoms with Crippen LogP contribution < -0.4 is 5.32 Å². The Morgan fingerprint density at radius 3 is 2.50 bits per heavy atom. The smallest absolute Gasteiger partial charge is 0.176 e. The van der Waals surface area contributed by atoms with E-state index in [1.54, 1.807) is 6.07 Å². The average molecular weight is 222 g/mol. The van der Waals surface area contributed by atoms with Crippen molar-refractivity contribution >= 4 is 0 Å². The van der Waals surface area contributed by atoms with E-state index in [4.69, 9.17) is 5.26 Å². The molecular weight excluding hydrogens is 210 g/mol. The van der Waals surface area contributed by atoms with Crippen LogP contribution in [0.15, 0.2) is 12.1 Å². The highest BCUT2D eigenvalue weighted by Gasteiger charge is 2.22. The molecule has 4 heteroatoms. The van der Waals surface area contributed by atoms with Gasteiger partial charge in [0.1, 0.15) is 6.07 Å². The standard InChI is InChI=1S/C12H12F2N2/c13-11-9(7-15)1-2-10(12(11)14)8-3-5-16-6-4-8/h1-2,8,16H,3-6H2. The van der Waals surface area contributed by atoms with Gasteiger partial charge in [-0.15, -0.1) is 0 Å². The summed E-state index contributed by atoms with van der Waals surface area (Å²) in [4.78, 5) is 0. The van der Waals surface area contributed by atoms with Crippen molar-refractivity contribution in [3.8, 4) is 6.07 Å². The predicted octanol–water partition coefficient (Wildman–Crippen LogP) is 2.30. The molecule has 0 spiro atoms. The first kappa shape index (κ1) is 11.0. The molecule has 0 amide bonds. The molecule has 84 valence electrons. The zero-order chi connectivity index (χ0) is 11.5. The summed E-state index contributed by atoms with van der Waals surface area (Å²) in [6.07, 6.45) is 1.62. The lowest BCUT2D eigenvalue weighted by atomic mass is 9.89. The summed E-state index contributed by atoms with van der Waals surface area (Å²) in [5, 5.41) is 11.7. The molecule has 1 heterocycles. The van der Waals surface area contributed by atoms with Gasteiger partial charge in [0, 0.05) is 0 Å². The van der Waals surface area contributed by atoms with E-state index in [1.807, 2.05) is 0 Å². The zero-order valence-corrected chi connectivity index (χ0v) is 8.76. The number of piperidine rings is 1. The molecule has 1 N–H and O–H groups in total. The van der Waals surface area contributed by atoms with Crippen molar-refractivity contribution < 1.29 is 8.78 Å². The average Bonchev–Trinajstić information content (AvgIpc) is 2.34. The van der Waals surface area contributed by atoms with Crippen LogP contribution in [0.1, 0.15) is 29.9 Å². The van der Waals surface area contributed by atoms with Crippen molar-refractivity contribution in [1.29, 1.82) is 5.26 Å². The lowest BCUT2D eigenvalue weighted by Crippen LogP contribution is -2.27. The molecule has 0 saturated carbocycles. The Hall–Kier alpha value is -1.47. The van der Waals surface area contributed by atoms with Gasteiger partial charge in [0.15, 0.2) is 11.6 Å². The van der Waals surface area contributed by atoms with Gasteiger partial charge < -0.3 is 5.32 Å². The summed E-state index contributed by atoms with van der Waals surface area (Å²) in [7, 11) is 0. The van der Waals surface area contributed by atoms with Gasteiger partial charge in [0.05, 0.1) is 5.56 Å². The van der Waals surface area contributed by atoms with Crippen LogP contribution in [-0.2, 0) is 0 Å². The number of halogens is 2. The van der Waals surface area contributed by atoms with E-state index in [1.165, 1.54) is 12.1 Å². The lowest BCUT2D eigenvalue weighted by molar-refractivity contribution is 0.429. The molecule has 0 atom stereocenters. The minimum Gasteiger partial charge on any atom is -0.317 e. The number of rotatable bonds is 1. The Labute approximate surface area is 92.9 Å². The predicted molar refractivity (Wildman–Crippen MR) is 55.9 cm³/mol. The number of hydrogen-bond donors (Lipinski definition) is 1. The van der Waals surface area contributed by atoms with Gasteiger partial charge in [-0.2, -0.15) is 5.26 Å². The van der Waals surface area contributed by atoms with Crippen molar-refractivity contribution in [3.05, 3.63) is 34.9 Å². The Morgan fingerprint density at radius 2 is 1.88 bits per heavy atom. The normalized spacial score (nSPS) is 17.1. The fourth-order valence-corrected chi connectivity index (χ4v) is 2.10. The minimum absolute atomic E-state index is 0.0588. The molecule has 0 radical (unpaired) electrons. The van der Waals surface area contributed by atoms with Crippen LogP contribution in [0.4, 0.5) is 8.78 Å². The maximum Gasteiger partial charge on any atom is 0.176 e. The SMILES string of the molecule is N#Cc1ccc(C2CCNCC2)c(F)c1F. The summed E-state index contributed by atoms with van der Waals surface area (Å²) >= 11 is 0. The molecule has 1 aliphatic heterocycles. The van der Waals surface area contributed by atoms with Gasteiger partial charge >= 0.3 is 0 Å². The first-order chi connectivity index (χ1) is 7.74. The molecule has 0 aromatic heterocycles. The van der Waals surface area contributed by atoms with Crippen LogP contribution in [0, 0.1) is 23.0 Å². The second-order valence-corrected chi connectivity index (χ2v) is 3.97. The zero-order valence-electron chi connectivity index (χ0n) is 8.76. The highest BCUT2D eigenvalue weighted by atomic mass is 19.2. The van der Waals surface area contributed by atoms with Gasteiger partial charge in [0.2, 0.25) is 0 Å². The van der Waals surface area contributed by atoms with Crippen LogP contribution in [0.25, 0.3) is 0 Å². The number of hydrogen-bond acceptors (Lipinski definition) is 2. The topological polar surface area (TPSA) is 35.8 Å². The van der Waals surface area contributed by atoms with Crippen LogP contribution in [0.5, 0.6) is 0 Å². The summed E-state index contributed by atoms with van der Waals surface area (Å²) in [5.41, 5.74) is 0.174. The Bertz CT molecular complexity index is 431. The molecule has 0 aliphatic carbocycles. The van der Waals surface area contributed by atoms with Crippen molar-refractivity contribution in [2.45, 2.75) is 18.8 Å². The second kappa shape index (κ2) is 4.58. The summed E-state index contributed by atoms with van der Waals surface area (Å²) in [6.45, 7) is 1.65. The third-order valence-corrected chi connectivity index (χ3v) is 3.01. The monoisotopic (exact) mass is 222 g/mol. The Balaban J connectivity index is 2.35. The van der Waals surface area contributed by atoms with Crippen LogP contribution in [0.3, 0.4) is 0 Å². The van der Waals surface area contributed by atoms with Crippen LogP contribution in [-0.4, -0.2) is 13.1 Å². The Kier molecular flexibility index (Phi) is 3.16. The fraction of sp³-hybridized carbons (Fsp3) is 0.417. The third kappa shape index (κ3) is 1.91. The molecule has 2 rings (SSSR count). The van der Waals surface area contributed by atoms with Crippen LogP contribution >= 0.6 is 0 Å². The third-order valence-electron chi connectivity index (χ3n) is 3.01. The molecule has 1 aromatic carbocycles.